The summed E-state index contributed by atoms with van der Waals surface area (Å²) in [5.74, 6) is 0.772. The summed E-state index contributed by atoms with van der Waals surface area (Å²) >= 11 is 0. The summed E-state index contributed by atoms with van der Waals surface area (Å²) in [5.41, 5.74) is 1.59. The maximum atomic E-state index is 12.3. The average molecular weight is 361 g/mol. The van der Waals surface area contributed by atoms with Gasteiger partial charge in [0.1, 0.15) is 10.6 Å². The molecule has 25 heavy (non-hydrogen) atoms. The summed E-state index contributed by atoms with van der Waals surface area (Å²) in [7, 11) is -2.09. The quantitative estimate of drug-likeness (QED) is 0.902. The first kappa shape index (κ1) is 17.4. The number of aryl methyl sites for hydroxylation is 1. The Hall–Kier alpha value is -2.45. The van der Waals surface area contributed by atoms with E-state index in [1.165, 1.54) is 12.3 Å². The fourth-order valence-electron chi connectivity index (χ4n) is 3.02. The Bertz CT molecular complexity index is 983. The Morgan fingerprint density at radius 3 is 2.52 bits per heavy atom. The standard InChI is InChI=1S/C17H19N3O4S/c1-10-7-15(19-9-14(10)25(18,22)23)24-11-5-6-12-13(8-11)20(4)16(21)17(12,2)3/h5-9H,1-4H3,(H2,18,22,23). The van der Waals surface area contributed by atoms with Gasteiger partial charge in [0.15, 0.2) is 0 Å². The third kappa shape index (κ3) is 2.87. The minimum absolute atomic E-state index is 0.0196. The number of aromatic nitrogens is 1. The maximum absolute atomic E-state index is 12.3. The average Bonchev–Trinajstić information content (AvgIpc) is 2.67. The van der Waals surface area contributed by atoms with Gasteiger partial charge < -0.3 is 9.64 Å². The molecule has 0 saturated carbocycles. The van der Waals surface area contributed by atoms with Crippen LogP contribution >= 0.6 is 0 Å². The summed E-state index contributed by atoms with van der Waals surface area (Å²) in [6, 6.07) is 6.90. The summed E-state index contributed by atoms with van der Waals surface area (Å²) in [6.07, 6.45) is 1.17. The number of carbonyl (C=O) groups excluding carboxylic acids is 1. The number of amides is 1. The minimum atomic E-state index is -3.82. The zero-order valence-electron chi connectivity index (χ0n) is 14.4. The van der Waals surface area contributed by atoms with E-state index < -0.39 is 15.4 Å². The van der Waals surface area contributed by atoms with Crippen LogP contribution < -0.4 is 14.8 Å². The SMILES string of the molecule is Cc1cc(Oc2ccc3c(c2)N(C)C(=O)C3(C)C)ncc1S(N)(=O)=O. The van der Waals surface area contributed by atoms with Gasteiger partial charge in [0.25, 0.3) is 0 Å². The molecular weight excluding hydrogens is 342 g/mol. The smallest absolute Gasteiger partial charge is 0.239 e. The summed E-state index contributed by atoms with van der Waals surface area (Å²) < 4.78 is 28.6. The fraction of sp³-hybridized carbons (Fsp3) is 0.294. The first-order valence-electron chi connectivity index (χ1n) is 7.62. The molecular formula is C17H19N3O4S. The van der Waals surface area contributed by atoms with E-state index in [0.717, 1.165) is 11.3 Å². The van der Waals surface area contributed by atoms with E-state index >= 15 is 0 Å². The van der Waals surface area contributed by atoms with Crippen LogP contribution in [-0.2, 0) is 20.2 Å². The van der Waals surface area contributed by atoms with Gasteiger partial charge >= 0.3 is 0 Å². The first-order chi connectivity index (χ1) is 11.5. The first-order valence-corrected chi connectivity index (χ1v) is 9.16. The van der Waals surface area contributed by atoms with E-state index in [2.05, 4.69) is 4.98 Å². The molecule has 0 unspecified atom stereocenters. The van der Waals surface area contributed by atoms with Gasteiger partial charge in [-0.1, -0.05) is 6.07 Å². The number of hydrogen-bond donors (Lipinski definition) is 1. The van der Waals surface area contributed by atoms with Crippen molar-refractivity contribution < 1.29 is 17.9 Å². The molecule has 1 aromatic carbocycles. The largest absolute Gasteiger partial charge is 0.439 e. The molecule has 2 aromatic rings. The van der Waals surface area contributed by atoms with E-state index in [4.69, 9.17) is 9.88 Å². The molecule has 1 amide bonds. The molecule has 0 spiro atoms. The van der Waals surface area contributed by atoms with Crippen LogP contribution in [0.25, 0.3) is 0 Å². The number of ether oxygens (including phenoxy) is 1. The zero-order valence-corrected chi connectivity index (χ0v) is 15.2. The van der Waals surface area contributed by atoms with Gasteiger partial charge in [-0.05, 0) is 38.0 Å². The molecule has 0 radical (unpaired) electrons. The van der Waals surface area contributed by atoms with E-state index in [-0.39, 0.29) is 16.7 Å². The lowest BCUT2D eigenvalue weighted by molar-refractivity contribution is -0.121. The number of carbonyl (C=O) groups is 1. The minimum Gasteiger partial charge on any atom is -0.439 e. The number of likely N-dealkylation sites (N-methyl/N-ethyl adjacent to an activating group) is 1. The molecule has 8 heteroatoms. The van der Waals surface area contributed by atoms with Crippen LogP contribution in [0.3, 0.4) is 0 Å². The predicted octanol–water partition coefficient (Wildman–Crippen LogP) is 2.08. The third-order valence-electron chi connectivity index (χ3n) is 4.41. The van der Waals surface area contributed by atoms with Gasteiger partial charge in [-0.15, -0.1) is 0 Å². The predicted molar refractivity (Wildman–Crippen MR) is 93.3 cm³/mol. The third-order valence-corrected chi connectivity index (χ3v) is 5.45. The second-order valence-corrected chi connectivity index (χ2v) is 8.13. The molecule has 3 rings (SSSR count). The number of fused-ring (bicyclic) bond motifs is 1. The van der Waals surface area contributed by atoms with Gasteiger partial charge in [-0.3, -0.25) is 4.79 Å². The fourth-order valence-corrected chi connectivity index (χ4v) is 3.72. The Balaban J connectivity index is 1.94. The van der Waals surface area contributed by atoms with Crippen molar-refractivity contribution in [2.24, 2.45) is 5.14 Å². The van der Waals surface area contributed by atoms with Crippen LogP contribution in [0.2, 0.25) is 0 Å². The van der Waals surface area contributed by atoms with Crippen molar-refractivity contribution in [3.8, 4) is 11.6 Å². The normalized spacial score (nSPS) is 16.0. The van der Waals surface area contributed by atoms with Crippen molar-refractivity contribution in [1.29, 1.82) is 0 Å². The molecule has 1 aromatic heterocycles. The van der Waals surface area contributed by atoms with Gasteiger partial charge in [0, 0.05) is 19.2 Å². The number of benzene rings is 1. The molecule has 0 aliphatic carbocycles. The molecule has 0 fully saturated rings. The molecule has 1 aliphatic rings. The van der Waals surface area contributed by atoms with Crippen LogP contribution in [-0.4, -0.2) is 26.4 Å². The number of sulfonamides is 1. The molecule has 0 atom stereocenters. The Morgan fingerprint density at radius 1 is 1.24 bits per heavy atom. The Kier molecular flexibility index (Phi) is 3.85. The van der Waals surface area contributed by atoms with Crippen molar-refractivity contribution in [3.63, 3.8) is 0 Å². The molecule has 2 N–H and O–H groups in total. The van der Waals surface area contributed by atoms with Gasteiger partial charge in [-0.2, -0.15) is 0 Å². The van der Waals surface area contributed by atoms with E-state index in [0.29, 0.717) is 11.3 Å². The molecule has 1 aliphatic heterocycles. The van der Waals surface area contributed by atoms with Crippen molar-refractivity contribution in [2.45, 2.75) is 31.1 Å². The van der Waals surface area contributed by atoms with E-state index in [1.54, 1.807) is 31.0 Å². The molecule has 132 valence electrons. The molecule has 0 saturated heterocycles. The highest BCUT2D eigenvalue weighted by Gasteiger charge is 2.42. The monoisotopic (exact) mass is 361 g/mol. The van der Waals surface area contributed by atoms with Crippen molar-refractivity contribution in [1.82, 2.24) is 4.98 Å². The Labute approximate surface area is 146 Å². The highest BCUT2D eigenvalue weighted by molar-refractivity contribution is 7.89. The number of pyridine rings is 1. The topological polar surface area (TPSA) is 103 Å². The number of rotatable bonds is 3. The van der Waals surface area contributed by atoms with Crippen molar-refractivity contribution in [2.75, 3.05) is 11.9 Å². The second kappa shape index (κ2) is 5.53. The van der Waals surface area contributed by atoms with Gasteiger partial charge in [0.05, 0.1) is 17.3 Å². The lowest BCUT2D eigenvalue weighted by Gasteiger charge is -2.16. The number of anilines is 1. The molecule has 7 nitrogen and oxygen atoms in total. The number of nitrogens with two attached hydrogens (primary N) is 1. The van der Waals surface area contributed by atoms with Crippen LogP contribution in [0.5, 0.6) is 11.6 Å². The van der Waals surface area contributed by atoms with Crippen LogP contribution in [0.4, 0.5) is 5.69 Å². The summed E-state index contributed by atoms with van der Waals surface area (Å²) in [4.78, 5) is 17.9. The second-order valence-electron chi connectivity index (χ2n) is 6.60. The lowest BCUT2D eigenvalue weighted by atomic mass is 9.86. The van der Waals surface area contributed by atoms with Gasteiger partial charge in [-0.25, -0.2) is 18.5 Å². The summed E-state index contributed by atoms with van der Waals surface area (Å²) in [5, 5.41) is 5.13. The van der Waals surface area contributed by atoms with Crippen molar-refractivity contribution in [3.05, 3.63) is 41.6 Å². The number of hydrogen-bond acceptors (Lipinski definition) is 5. The van der Waals surface area contributed by atoms with E-state index in [9.17, 15) is 13.2 Å². The highest BCUT2D eigenvalue weighted by atomic mass is 32.2. The van der Waals surface area contributed by atoms with Crippen molar-refractivity contribution >= 4 is 21.6 Å². The Morgan fingerprint density at radius 2 is 1.92 bits per heavy atom. The highest BCUT2D eigenvalue weighted by Crippen LogP contribution is 2.42. The van der Waals surface area contributed by atoms with Crippen LogP contribution in [0.15, 0.2) is 35.4 Å². The van der Waals surface area contributed by atoms with Crippen LogP contribution in [0, 0.1) is 6.92 Å². The van der Waals surface area contributed by atoms with Gasteiger partial charge in [0.2, 0.25) is 21.8 Å². The number of primary sulfonamides is 1. The summed E-state index contributed by atoms with van der Waals surface area (Å²) in [6.45, 7) is 5.39. The van der Waals surface area contributed by atoms with E-state index in [1.807, 2.05) is 19.9 Å². The maximum Gasteiger partial charge on any atom is 0.239 e. The van der Waals surface area contributed by atoms with Crippen LogP contribution in [0.1, 0.15) is 25.0 Å². The number of nitrogens with zero attached hydrogens (tertiary/aromatic N) is 2. The molecule has 0 bridgehead atoms. The lowest BCUT2D eigenvalue weighted by Crippen LogP contribution is -2.33. The molecule has 2 heterocycles. The zero-order chi connectivity index (χ0) is 18.6.